The van der Waals surface area contributed by atoms with Crippen LogP contribution < -0.4 is 10.4 Å². The molecule has 0 saturated carbocycles. The zero-order chi connectivity index (χ0) is 34.0. The molecule has 1 atom stereocenters. The van der Waals surface area contributed by atoms with E-state index in [1.807, 2.05) is 37.3 Å². The van der Waals surface area contributed by atoms with Crippen molar-refractivity contribution in [2.45, 2.75) is 50.3 Å². The number of ether oxygens (including phenoxy) is 2. The van der Waals surface area contributed by atoms with Crippen LogP contribution in [-0.2, 0) is 30.5 Å². The Balaban J connectivity index is 1.47. The Kier molecular flexibility index (Phi) is 12.4. The number of hydrogen-bond donors (Lipinski definition) is 0. The van der Waals surface area contributed by atoms with Crippen LogP contribution in [0.2, 0.25) is 5.04 Å². The molecule has 1 heterocycles. The van der Waals surface area contributed by atoms with Crippen LogP contribution in [0.3, 0.4) is 0 Å². The smallest absolute Gasteiger partial charge is 0.261 e. The first kappa shape index (κ1) is 36.1. The highest BCUT2D eigenvalue weighted by Gasteiger charge is 2.50. The van der Waals surface area contributed by atoms with Crippen molar-refractivity contribution in [3.8, 4) is 0 Å². The minimum Gasteiger partial charge on any atom is -0.405 e. The second-order valence-electron chi connectivity index (χ2n) is 13.5. The molecule has 7 nitrogen and oxygen atoms in total. The van der Waals surface area contributed by atoms with E-state index in [0.29, 0.717) is 26.3 Å². The topological polar surface area (TPSA) is 68.3 Å². The molecule has 0 aliphatic carbocycles. The van der Waals surface area contributed by atoms with Gasteiger partial charge in [-0.15, -0.1) is 0 Å². The van der Waals surface area contributed by atoms with E-state index in [2.05, 4.69) is 98.5 Å². The lowest BCUT2D eigenvalue weighted by Gasteiger charge is -2.44. The van der Waals surface area contributed by atoms with Gasteiger partial charge in [-0.2, -0.15) is 4.31 Å². The first-order valence-corrected chi connectivity index (χ1v) is 20.2. The molecule has 0 amide bonds. The van der Waals surface area contributed by atoms with E-state index < -0.39 is 24.4 Å². The number of benzene rings is 4. The van der Waals surface area contributed by atoms with Crippen molar-refractivity contribution in [1.82, 2.24) is 9.21 Å². The molecule has 1 fully saturated rings. The highest BCUT2D eigenvalue weighted by atomic mass is 32.2. The molecule has 9 heteroatoms. The Hall–Kier alpha value is -3.15. The Bertz CT molecular complexity index is 1610. The quantitative estimate of drug-likeness (QED) is 0.218. The van der Waals surface area contributed by atoms with Crippen molar-refractivity contribution in [3.63, 3.8) is 0 Å². The summed E-state index contributed by atoms with van der Waals surface area (Å²) in [5.41, 5.74) is 2.23. The van der Waals surface area contributed by atoms with Crippen molar-refractivity contribution in [2.24, 2.45) is 0 Å². The molecule has 4 aromatic rings. The van der Waals surface area contributed by atoms with E-state index in [1.165, 1.54) is 20.2 Å². The van der Waals surface area contributed by atoms with Crippen LogP contribution in [0.15, 0.2) is 120 Å². The van der Waals surface area contributed by atoms with E-state index in [-0.39, 0.29) is 36.2 Å². The zero-order valence-corrected chi connectivity index (χ0v) is 30.6. The lowest BCUT2D eigenvalue weighted by Crippen LogP contribution is -2.67. The number of nitrogens with zero attached hydrogens (tertiary/aromatic N) is 2. The normalized spacial score (nSPS) is 18.1. The molecule has 256 valence electrons. The molecule has 5 rings (SSSR count). The summed E-state index contributed by atoms with van der Waals surface area (Å²) < 4.78 is 49.7. The molecule has 4 aromatic carbocycles. The Morgan fingerprint density at radius 3 is 1.88 bits per heavy atom. The summed E-state index contributed by atoms with van der Waals surface area (Å²) in [6, 6.07) is 38.4. The van der Waals surface area contributed by atoms with Crippen molar-refractivity contribution in [3.05, 3.63) is 126 Å². The summed E-state index contributed by atoms with van der Waals surface area (Å²) in [6.07, 6.45) is -0.509. The first-order chi connectivity index (χ1) is 23.1. The summed E-state index contributed by atoms with van der Waals surface area (Å²) in [5, 5.41) is 2.11. The van der Waals surface area contributed by atoms with Crippen LogP contribution in [-0.4, -0.2) is 84.7 Å². The third kappa shape index (κ3) is 8.89. The Morgan fingerprint density at radius 1 is 0.750 bits per heavy atom. The fourth-order valence-corrected chi connectivity index (χ4v) is 12.5. The first-order valence-electron chi connectivity index (χ1n) is 16.9. The maximum atomic E-state index is 14.1. The van der Waals surface area contributed by atoms with E-state index >= 15 is 0 Å². The summed E-state index contributed by atoms with van der Waals surface area (Å²) in [5.74, 6) is 0. The lowest BCUT2D eigenvalue weighted by atomic mass is 10.2. The molecule has 0 radical (unpaired) electrons. The summed E-state index contributed by atoms with van der Waals surface area (Å²) >= 11 is 0. The monoisotopic (exact) mass is 686 g/mol. The number of sulfonamides is 1. The van der Waals surface area contributed by atoms with Crippen molar-refractivity contribution in [2.75, 3.05) is 52.6 Å². The zero-order valence-electron chi connectivity index (χ0n) is 28.8. The predicted octanol–water partition coefficient (Wildman–Crippen LogP) is 5.48. The highest BCUT2D eigenvalue weighted by molar-refractivity contribution is 7.89. The summed E-state index contributed by atoms with van der Waals surface area (Å²) in [7, 11) is -6.71. The highest BCUT2D eigenvalue weighted by Crippen LogP contribution is 2.37. The van der Waals surface area contributed by atoms with Crippen LogP contribution in [0.5, 0.6) is 0 Å². The van der Waals surface area contributed by atoms with E-state index in [1.54, 1.807) is 12.1 Å². The number of aryl methyl sites for hydroxylation is 1. The third-order valence-electron chi connectivity index (χ3n) is 9.02. The maximum Gasteiger partial charge on any atom is 0.261 e. The average Bonchev–Trinajstić information content (AvgIpc) is 3.07. The van der Waals surface area contributed by atoms with Crippen LogP contribution >= 0.6 is 0 Å². The average molecular weight is 687 g/mol. The van der Waals surface area contributed by atoms with Crippen LogP contribution in [0, 0.1) is 6.92 Å². The Morgan fingerprint density at radius 2 is 1.29 bits per heavy atom. The molecule has 1 aliphatic heterocycles. The number of hydrogen-bond acceptors (Lipinski definition) is 6. The van der Waals surface area contributed by atoms with Gasteiger partial charge in [-0.25, -0.2) is 8.42 Å². The van der Waals surface area contributed by atoms with Crippen LogP contribution in [0.25, 0.3) is 0 Å². The third-order valence-corrected chi connectivity index (χ3v) is 15.9. The molecule has 1 aliphatic rings. The molecular formula is C39H50N2O5SSi. The lowest BCUT2D eigenvalue weighted by molar-refractivity contribution is -0.0138. The van der Waals surface area contributed by atoms with Gasteiger partial charge in [-0.3, -0.25) is 4.90 Å². The minimum absolute atomic E-state index is 0.149. The molecular weight excluding hydrogens is 637 g/mol. The van der Waals surface area contributed by atoms with Gasteiger partial charge < -0.3 is 13.9 Å². The van der Waals surface area contributed by atoms with E-state index in [4.69, 9.17) is 13.9 Å². The van der Waals surface area contributed by atoms with Crippen molar-refractivity contribution in [1.29, 1.82) is 0 Å². The number of rotatable bonds is 9. The fraction of sp³-hybridized carbons (Fsp3) is 0.385. The maximum absolute atomic E-state index is 14.1. The van der Waals surface area contributed by atoms with Gasteiger partial charge in [0.15, 0.2) is 0 Å². The van der Waals surface area contributed by atoms with Gasteiger partial charge in [-0.1, -0.05) is 129 Å². The van der Waals surface area contributed by atoms with Gasteiger partial charge in [0.1, 0.15) is 0 Å². The largest absolute Gasteiger partial charge is 0.405 e. The fourth-order valence-electron chi connectivity index (χ4n) is 6.45. The molecule has 0 aromatic heterocycles. The predicted molar refractivity (Wildman–Crippen MR) is 196 cm³/mol. The van der Waals surface area contributed by atoms with Gasteiger partial charge in [0.25, 0.3) is 8.32 Å². The molecule has 48 heavy (non-hydrogen) atoms. The Labute approximate surface area is 288 Å². The minimum atomic E-state index is -3.82. The van der Waals surface area contributed by atoms with Gasteiger partial charge in [0, 0.05) is 32.7 Å². The van der Waals surface area contributed by atoms with Crippen LogP contribution in [0.1, 0.15) is 31.9 Å². The summed E-state index contributed by atoms with van der Waals surface area (Å²) in [4.78, 5) is 2.60. The van der Waals surface area contributed by atoms with E-state index in [9.17, 15) is 8.42 Å². The second kappa shape index (κ2) is 16.5. The SMILES string of the molecule is Cc1ccc(S(=O)(=O)N2CCOCCN(Cc3ccccc3)CCO[C@H](CO[Si](c3ccccc3)(c3ccccc3)C(C)(C)C)C2)cc1. The molecule has 0 unspecified atom stereocenters. The molecule has 0 bridgehead atoms. The molecule has 1 saturated heterocycles. The molecule has 0 N–H and O–H groups in total. The second-order valence-corrected chi connectivity index (χ2v) is 19.8. The van der Waals surface area contributed by atoms with Crippen molar-refractivity contribution >= 4 is 28.7 Å². The van der Waals surface area contributed by atoms with Gasteiger partial charge in [0.05, 0.1) is 37.4 Å². The van der Waals surface area contributed by atoms with Gasteiger partial charge in [-0.05, 0) is 40.0 Å². The van der Waals surface area contributed by atoms with Crippen LogP contribution in [0.4, 0.5) is 0 Å². The molecule has 0 spiro atoms. The van der Waals surface area contributed by atoms with E-state index in [0.717, 1.165) is 12.1 Å². The van der Waals surface area contributed by atoms with Gasteiger partial charge in [0.2, 0.25) is 10.0 Å². The standard InChI is InChI=1S/C39H50N2O5SSi/c1-33-20-22-36(23-21-33)47(42,43)41-26-28-44-27-24-40(30-34-14-8-5-9-15-34)25-29-45-35(31-41)32-46-48(39(2,3)4,37-16-10-6-11-17-37)38-18-12-7-13-19-38/h5-23,35H,24-32H2,1-4H3/t35-/m0/s1. The van der Waals surface area contributed by atoms with Crippen molar-refractivity contribution < 1.29 is 22.3 Å². The summed E-state index contributed by atoms with van der Waals surface area (Å²) in [6.45, 7) is 12.7. The van der Waals surface area contributed by atoms with Gasteiger partial charge >= 0.3 is 0 Å².